The molecule has 4 heteroatoms. The SMILES string of the molecule is O=C(S)c1cc(F)ccc1F. The van der Waals surface area contributed by atoms with Crippen molar-refractivity contribution in [2.45, 2.75) is 0 Å². The number of hydrogen-bond donors (Lipinski definition) is 1. The Morgan fingerprint density at radius 2 is 2.00 bits per heavy atom. The minimum absolute atomic E-state index is 0.340. The Morgan fingerprint density at radius 1 is 1.36 bits per heavy atom. The van der Waals surface area contributed by atoms with Crippen molar-refractivity contribution in [2.75, 3.05) is 0 Å². The topological polar surface area (TPSA) is 17.1 Å². The summed E-state index contributed by atoms with van der Waals surface area (Å²) >= 11 is 3.36. The van der Waals surface area contributed by atoms with Gasteiger partial charge in [-0.25, -0.2) is 8.78 Å². The quantitative estimate of drug-likeness (QED) is 0.644. The number of rotatable bonds is 1. The van der Waals surface area contributed by atoms with Crippen LogP contribution in [0.25, 0.3) is 0 Å². The Hall–Kier alpha value is -0.900. The minimum atomic E-state index is -0.776. The van der Waals surface area contributed by atoms with Crippen LogP contribution >= 0.6 is 12.6 Å². The standard InChI is InChI=1S/C7H4F2OS/c8-4-1-2-6(9)5(3-4)7(10)11/h1-3H,(H,10,11). The largest absolute Gasteiger partial charge is 0.282 e. The second kappa shape index (κ2) is 3.00. The average Bonchev–Trinajstić information content (AvgIpc) is 1.94. The maximum absolute atomic E-state index is 12.6. The minimum Gasteiger partial charge on any atom is -0.282 e. The molecule has 0 N–H and O–H groups in total. The van der Waals surface area contributed by atoms with Crippen molar-refractivity contribution in [2.24, 2.45) is 0 Å². The summed E-state index contributed by atoms with van der Waals surface area (Å²) in [5.41, 5.74) is -0.340. The van der Waals surface area contributed by atoms with Crippen LogP contribution in [0.5, 0.6) is 0 Å². The van der Waals surface area contributed by atoms with Crippen LogP contribution in [0, 0.1) is 11.6 Å². The fourth-order valence-electron chi connectivity index (χ4n) is 0.661. The van der Waals surface area contributed by atoms with Gasteiger partial charge in [-0.3, -0.25) is 4.79 Å². The van der Waals surface area contributed by atoms with Crippen LogP contribution < -0.4 is 0 Å². The second-order valence-corrected chi connectivity index (χ2v) is 2.34. The highest BCUT2D eigenvalue weighted by molar-refractivity contribution is 7.97. The van der Waals surface area contributed by atoms with Crippen LogP contribution in [0.15, 0.2) is 18.2 Å². The molecule has 0 bridgehead atoms. The molecule has 0 unspecified atom stereocenters. The predicted molar refractivity (Wildman–Crippen MR) is 39.7 cm³/mol. The van der Waals surface area contributed by atoms with E-state index in [0.29, 0.717) is 0 Å². The monoisotopic (exact) mass is 174 g/mol. The molecule has 0 amide bonds. The summed E-state index contributed by atoms with van der Waals surface area (Å²) in [5.74, 6) is -1.41. The molecule has 0 radical (unpaired) electrons. The van der Waals surface area contributed by atoms with Gasteiger partial charge in [-0.15, -0.1) is 12.6 Å². The van der Waals surface area contributed by atoms with Gasteiger partial charge in [0.15, 0.2) is 0 Å². The first-order valence-electron chi connectivity index (χ1n) is 2.79. The Kier molecular flexibility index (Phi) is 2.24. The van der Waals surface area contributed by atoms with E-state index in [1.54, 1.807) is 0 Å². The lowest BCUT2D eigenvalue weighted by atomic mass is 10.2. The van der Waals surface area contributed by atoms with Crippen molar-refractivity contribution < 1.29 is 13.6 Å². The fraction of sp³-hybridized carbons (Fsp3) is 0. The lowest BCUT2D eigenvalue weighted by molar-refractivity contribution is 0.108. The van der Waals surface area contributed by atoms with Gasteiger partial charge in [0.1, 0.15) is 11.6 Å². The molecule has 11 heavy (non-hydrogen) atoms. The summed E-state index contributed by atoms with van der Waals surface area (Å²) in [6.07, 6.45) is 0. The zero-order chi connectivity index (χ0) is 8.43. The van der Waals surface area contributed by atoms with Crippen molar-refractivity contribution in [3.8, 4) is 0 Å². The molecule has 1 aromatic rings. The number of halogens is 2. The maximum atomic E-state index is 12.6. The van der Waals surface area contributed by atoms with Gasteiger partial charge in [0, 0.05) is 0 Å². The molecule has 0 aliphatic heterocycles. The average molecular weight is 174 g/mol. The van der Waals surface area contributed by atoms with Crippen molar-refractivity contribution >= 4 is 17.7 Å². The van der Waals surface area contributed by atoms with E-state index in [-0.39, 0.29) is 5.56 Å². The molecule has 0 fully saturated rings. The van der Waals surface area contributed by atoms with Gasteiger partial charge >= 0.3 is 0 Å². The van der Waals surface area contributed by atoms with Crippen LogP contribution in [0.1, 0.15) is 10.4 Å². The summed E-state index contributed by atoms with van der Waals surface area (Å²) in [5, 5.41) is -0.776. The summed E-state index contributed by atoms with van der Waals surface area (Å²) in [4.78, 5) is 10.5. The first kappa shape index (κ1) is 8.20. The van der Waals surface area contributed by atoms with Gasteiger partial charge in [-0.2, -0.15) is 0 Å². The number of carbonyl (C=O) groups is 1. The predicted octanol–water partition coefficient (Wildman–Crippen LogP) is 2.03. The van der Waals surface area contributed by atoms with E-state index in [1.165, 1.54) is 0 Å². The third-order valence-corrected chi connectivity index (χ3v) is 1.40. The summed E-state index contributed by atoms with van der Waals surface area (Å²) < 4.78 is 24.9. The van der Waals surface area contributed by atoms with E-state index < -0.39 is 16.7 Å². The molecule has 0 saturated carbocycles. The summed E-state index contributed by atoms with van der Waals surface area (Å²) in [7, 11) is 0. The molecule has 58 valence electrons. The van der Waals surface area contributed by atoms with E-state index in [4.69, 9.17) is 0 Å². The van der Waals surface area contributed by atoms with E-state index in [1.807, 2.05) is 0 Å². The molecule has 0 aromatic heterocycles. The molecule has 1 aromatic carbocycles. The van der Waals surface area contributed by atoms with Crippen LogP contribution in [0.2, 0.25) is 0 Å². The molecule has 1 nitrogen and oxygen atoms in total. The van der Waals surface area contributed by atoms with Crippen LogP contribution in [-0.2, 0) is 0 Å². The molecule has 1 rings (SSSR count). The van der Waals surface area contributed by atoms with Crippen molar-refractivity contribution in [3.05, 3.63) is 35.4 Å². The van der Waals surface area contributed by atoms with Gasteiger partial charge < -0.3 is 0 Å². The molecule has 0 heterocycles. The number of thiol groups is 1. The highest BCUT2D eigenvalue weighted by atomic mass is 32.1. The zero-order valence-corrected chi connectivity index (χ0v) is 6.24. The number of benzene rings is 1. The van der Waals surface area contributed by atoms with Gasteiger partial charge in [0.05, 0.1) is 5.56 Å². The first-order valence-corrected chi connectivity index (χ1v) is 3.24. The second-order valence-electron chi connectivity index (χ2n) is 1.93. The van der Waals surface area contributed by atoms with Crippen molar-refractivity contribution in [3.63, 3.8) is 0 Å². The van der Waals surface area contributed by atoms with Crippen LogP contribution in [-0.4, -0.2) is 5.12 Å². The molecular weight excluding hydrogens is 170 g/mol. The van der Waals surface area contributed by atoms with Crippen molar-refractivity contribution in [1.82, 2.24) is 0 Å². The zero-order valence-electron chi connectivity index (χ0n) is 5.34. The van der Waals surface area contributed by atoms with Gasteiger partial charge in [-0.05, 0) is 18.2 Å². The first-order chi connectivity index (χ1) is 5.11. The fourth-order valence-corrected chi connectivity index (χ4v) is 0.833. The Balaban J connectivity index is 3.23. The maximum Gasteiger partial charge on any atom is 0.219 e. The van der Waals surface area contributed by atoms with E-state index in [0.717, 1.165) is 18.2 Å². The third kappa shape index (κ3) is 1.77. The number of hydrogen-bond acceptors (Lipinski definition) is 1. The molecule has 0 spiro atoms. The van der Waals surface area contributed by atoms with Gasteiger partial charge in [-0.1, -0.05) is 0 Å². The molecule has 0 aliphatic carbocycles. The van der Waals surface area contributed by atoms with E-state index >= 15 is 0 Å². The number of carbonyl (C=O) groups excluding carboxylic acids is 1. The lowest BCUT2D eigenvalue weighted by Gasteiger charge is -1.95. The van der Waals surface area contributed by atoms with Gasteiger partial charge in [0.2, 0.25) is 5.12 Å². The Labute approximate surface area is 67.4 Å². The highest BCUT2D eigenvalue weighted by Crippen LogP contribution is 2.11. The highest BCUT2D eigenvalue weighted by Gasteiger charge is 2.07. The molecular formula is C7H4F2OS. The molecule has 0 aliphatic rings. The van der Waals surface area contributed by atoms with E-state index in [9.17, 15) is 13.6 Å². The molecule has 0 saturated heterocycles. The van der Waals surface area contributed by atoms with Gasteiger partial charge in [0.25, 0.3) is 0 Å². The summed E-state index contributed by atoms with van der Waals surface area (Å²) in [6, 6.07) is 2.64. The Morgan fingerprint density at radius 3 is 2.45 bits per heavy atom. The summed E-state index contributed by atoms with van der Waals surface area (Å²) in [6.45, 7) is 0. The van der Waals surface area contributed by atoms with Crippen LogP contribution in [0.3, 0.4) is 0 Å². The smallest absolute Gasteiger partial charge is 0.219 e. The molecule has 0 atom stereocenters. The third-order valence-electron chi connectivity index (χ3n) is 1.16. The Bertz CT molecular complexity index is 298. The lowest BCUT2D eigenvalue weighted by Crippen LogP contribution is -1.94. The normalized spacial score (nSPS) is 9.73. The van der Waals surface area contributed by atoms with Crippen LogP contribution in [0.4, 0.5) is 8.78 Å². The van der Waals surface area contributed by atoms with Crippen molar-refractivity contribution in [1.29, 1.82) is 0 Å². The van der Waals surface area contributed by atoms with E-state index in [2.05, 4.69) is 12.6 Å².